The highest BCUT2D eigenvalue weighted by Gasteiger charge is 2.20. The Kier molecular flexibility index (Phi) is 5.77. The lowest BCUT2D eigenvalue weighted by molar-refractivity contribution is 0.100. The van der Waals surface area contributed by atoms with Gasteiger partial charge in [0, 0.05) is 11.5 Å². The normalized spacial score (nSPS) is 10.8. The van der Waals surface area contributed by atoms with Gasteiger partial charge >= 0.3 is 0 Å². The number of halogens is 2. The van der Waals surface area contributed by atoms with Crippen LogP contribution in [0.1, 0.15) is 43.4 Å². The molecule has 0 atom stereocenters. The summed E-state index contributed by atoms with van der Waals surface area (Å²) in [5.41, 5.74) is 8.09. The Balaban J connectivity index is 1.65. The summed E-state index contributed by atoms with van der Waals surface area (Å²) in [7, 11) is 0. The third-order valence-corrected chi connectivity index (χ3v) is 5.38. The van der Waals surface area contributed by atoms with Crippen LogP contribution >= 0.6 is 0 Å². The van der Waals surface area contributed by atoms with E-state index in [4.69, 9.17) is 11.0 Å². The van der Waals surface area contributed by atoms with Crippen molar-refractivity contribution in [2.75, 3.05) is 5.32 Å². The van der Waals surface area contributed by atoms with E-state index in [9.17, 15) is 18.4 Å². The number of carbonyl (C=O) groups excluding carboxylic acids is 2. The first-order chi connectivity index (χ1) is 16.2. The number of amides is 2. The van der Waals surface area contributed by atoms with Gasteiger partial charge in [-0.15, -0.1) is 0 Å². The third kappa shape index (κ3) is 4.19. The van der Waals surface area contributed by atoms with Crippen LogP contribution in [0.5, 0.6) is 0 Å². The van der Waals surface area contributed by atoms with Gasteiger partial charge in [0.05, 0.1) is 46.3 Å². The number of benzene rings is 2. The summed E-state index contributed by atoms with van der Waals surface area (Å²) < 4.78 is 29.1. The van der Waals surface area contributed by atoms with Crippen molar-refractivity contribution in [2.24, 2.45) is 5.73 Å². The zero-order valence-corrected chi connectivity index (χ0v) is 18.2. The van der Waals surface area contributed by atoms with Crippen LogP contribution in [-0.4, -0.2) is 26.6 Å². The van der Waals surface area contributed by atoms with Crippen LogP contribution in [0.2, 0.25) is 0 Å². The molecule has 2 amide bonds. The molecule has 0 bridgehead atoms. The van der Waals surface area contributed by atoms with Crippen LogP contribution in [0.15, 0.2) is 42.5 Å². The van der Waals surface area contributed by atoms with Crippen molar-refractivity contribution in [3.05, 3.63) is 87.9 Å². The molecule has 0 saturated heterocycles. The number of nitrogens with zero attached hydrogens (tertiary/aromatic N) is 4. The molecule has 0 aliphatic heterocycles. The van der Waals surface area contributed by atoms with Gasteiger partial charge in [0.25, 0.3) is 5.91 Å². The summed E-state index contributed by atoms with van der Waals surface area (Å²) in [4.78, 5) is 28.9. The second-order valence-electron chi connectivity index (χ2n) is 7.67. The van der Waals surface area contributed by atoms with Gasteiger partial charge in [-0.05, 0) is 43.7 Å². The van der Waals surface area contributed by atoms with Crippen molar-refractivity contribution in [1.82, 2.24) is 14.8 Å². The van der Waals surface area contributed by atoms with E-state index in [0.717, 1.165) is 23.8 Å². The molecule has 10 heteroatoms. The lowest BCUT2D eigenvalue weighted by Crippen LogP contribution is -2.18. The smallest absolute Gasteiger partial charge is 0.274 e. The summed E-state index contributed by atoms with van der Waals surface area (Å²) in [6.45, 7) is 3.91. The van der Waals surface area contributed by atoms with Crippen LogP contribution in [0.25, 0.3) is 10.9 Å². The molecular weight excluding hydrogens is 442 g/mol. The monoisotopic (exact) mass is 460 g/mol. The lowest BCUT2D eigenvalue weighted by atomic mass is 10.1. The largest absolute Gasteiger partial charge is 0.366 e. The molecule has 0 aliphatic carbocycles. The average Bonchev–Trinajstić information content (AvgIpc) is 3.06. The summed E-state index contributed by atoms with van der Waals surface area (Å²) in [5.74, 6) is -3.90. The molecule has 4 rings (SSSR count). The number of carbonyl (C=O) groups is 2. The van der Waals surface area contributed by atoms with Gasteiger partial charge in [0.1, 0.15) is 5.69 Å². The summed E-state index contributed by atoms with van der Waals surface area (Å²) in [6, 6.07) is 11.9. The van der Waals surface area contributed by atoms with Gasteiger partial charge < -0.3 is 11.1 Å². The number of fused-ring (bicyclic) bond motifs is 1. The zero-order chi connectivity index (χ0) is 24.6. The van der Waals surface area contributed by atoms with E-state index < -0.39 is 23.4 Å². The molecule has 170 valence electrons. The van der Waals surface area contributed by atoms with Crippen molar-refractivity contribution < 1.29 is 18.4 Å². The quantitative estimate of drug-likeness (QED) is 0.471. The molecule has 4 aromatic rings. The minimum absolute atomic E-state index is 0.00514. The van der Waals surface area contributed by atoms with Crippen LogP contribution in [-0.2, 0) is 6.54 Å². The maximum Gasteiger partial charge on any atom is 0.274 e. The van der Waals surface area contributed by atoms with Crippen molar-refractivity contribution >= 4 is 28.4 Å². The highest BCUT2D eigenvalue weighted by molar-refractivity contribution is 6.10. The molecule has 0 aliphatic rings. The number of hydrogen-bond acceptors (Lipinski definition) is 5. The molecule has 0 spiro atoms. The Morgan fingerprint density at radius 3 is 2.44 bits per heavy atom. The molecule has 34 heavy (non-hydrogen) atoms. The van der Waals surface area contributed by atoms with Crippen molar-refractivity contribution in [2.45, 2.75) is 20.4 Å². The van der Waals surface area contributed by atoms with E-state index in [1.165, 1.54) is 0 Å². The molecular formula is C24H18F2N6O2. The van der Waals surface area contributed by atoms with E-state index in [2.05, 4.69) is 21.5 Å². The number of rotatable bonds is 5. The highest BCUT2D eigenvalue weighted by atomic mass is 19.2. The Labute approximate surface area is 192 Å². The molecule has 8 nitrogen and oxygen atoms in total. The second-order valence-corrected chi connectivity index (χ2v) is 7.67. The fourth-order valence-electron chi connectivity index (χ4n) is 3.61. The highest BCUT2D eigenvalue weighted by Crippen LogP contribution is 2.24. The molecule has 2 heterocycles. The number of anilines is 1. The molecule has 0 radical (unpaired) electrons. The van der Waals surface area contributed by atoms with Gasteiger partial charge in [-0.3, -0.25) is 14.3 Å². The Bertz CT molecular complexity index is 1500. The predicted octanol–water partition coefficient (Wildman–Crippen LogP) is 3.60. The van der Waals surface area contributed by atoms with Gasteiger partial charge in [0.2, 0.25) is 5.91 Å². The van der Waals surface area contributed by atoms with Crippen molar-refractivity contribution in [3.63, 3.8) is 0 Å². The van der Waals surface area contributed by atoms with E-state index >= 15 is 0 Å². The van der Waals surface area contributed by atoms with Gasteiger partial charge in [-0.1, -0.05) is 12.1 Å². The van der Waals surface area contributed by atoms with Crippen LogP contribution in [0.3, 0.4) is 0 Å². The molecule has 3 N–H and O–H groups in total. The second kappa shape index (κ2) is 8.71. The molecule has 2 aromatic carbocycles. The average molecular weight is 460 g/mol. The van der Waals surface area contributed by atoms with E-state index in [-0.39, 0.29) is 22.2 Å². The van der Waals surface area contributed by atoms with E-state index in [1.807, 2.05) is 12.1 Å². The first-order valence-corrected chi connectivity index (χ1v) is 10.1. The van der Waals surface area contributed by atoms with Crippen LogP contribution in [0, 0.1) is 36.8 Å². The summed E-state index contributed by atoms with van der Waals surface area (Å²) >= 11 is 0. The van der Waals surface area contributed by atoms with E-state index in [0.29, 0.717) is 29.2 Å². The van der Waals surface area contributed by atoms with Gasteiger partial charge in [-0.25, -0.2) is 13.8 Å². The number of primary amides is 1. The fraction of sp³-hybridized carbons (Fsp3) is 0.125. The van der Waals surface area contributed by atoms with Crippen LogP contribution in [0.4, 0.5) is 14.5 Å². The first-order valence-electron chi connectivity index (χ1n) is 10.1. The number of nitriles is 1. The molecule has 0 unspecified atom stereocenters. The Morgan fingerprint density at radius 1 is 1.12 bits per heavy atom. The maximum absolute atomic E-state index is 13.7. The molecule has 0 saturated carbocycles. The number of aromatic nitrogens is 3. The minimum Gasteiger partial charge on any atom is -0.366 e. The molecule has 2 aromatic heterocycles. The number of aryl methyl sites for hydroxylation is 1. The lowest BCUT2D eigenvalue weighted by Gasteiger charge is -2.10. The summed E-state index contributed by atoms with van der Waals surface area (Å²) in [5, 5.41) is 16.1. The van der Waals surface area contributed by atoms with Crippen LogP contribution < -0.4 is 11.1 Å². The number of hydrogen-bond donors (Lipinski definition) is 2. The zero-order valence-electron chi connectivity index (χ0n) is 18.2. The number of pyridine rings is 1. The standard InChI is InChI=1S/C24H18F2N6O2/c1-12-22(13(2)32(31-12)11-15-5-3-14(10-27)4-6-15)30-24(34)21-8-17(23(28)33)16-7-18(25)19(26)9-20(16)29-21/h3-9H,11H2,1-2H3,(H2,28,33)(H,30,34). The third-order valence-electron chi connectivity index (χ3n) is 5.38. The maximum atomic E-state index is 13.7. The first kappa shape index (κ1) is 22.5. The topological polar surface area (TPSA) is 127 Å². The number of nitrogens with two attached hydrogens (primary N) is 1. The fourth-order valence-corrected chi connectivity index (χ4v) is 3.61. The van der Waals surface area contributed by atoms with E-state index in [1.54, 1.807) is 30.7 Å². The SMILES string of the molecule is Cc1nn(Cc2ccc(C#N)cc2)c(C)c1NC(=O)c1cc(C(N)=O)c2cc(F)c(F)cc2n1. The molecule has 0 fully saturated rings. The van der Waals surface area contributed by atoms with Crippen molar-refractivity contribution in [1.29, 1.82) is 5.26 Å². The summed E-state index contributed by atoms with van der Waals surface area (Å²) in [6.07, 6.45) is 0. The Hall–Kier alpha value is -4.65. The van der Waals surface area contributed by atoms with Crippen molar-refractivity contribution in [3.8, 4) is 6.07 Å². The predicted molar refractivity (Wildman–Crippen MR) is 120 cm³/mol. The number of nitrogens with one attached hydrogen (secondary N) is 1. The minimum atomic E-state index is -1.16. The Morgan fingerprint density at radius 2 is 1.79 bits per heavy atom. The van der Waals surface area contributed by atoms with Gasteiger partial charge in [-0.2, -0.15) is 10.4 Å². The van der Waals surface area contributed by atoms with Gasteiger partial charge in [0.15, 0.2) is 11.6 Å².